The predicted octanol–water partition coefficient (Wildman–Crippen LogP) is 4.03. The normalized spacial score (nSPS) is 10.1. The van der Waals surface area contributed by atoms with Crippen LogP contribution in [0.3, 0.4) is 0 Å². The van der Waals surface area contributed by atoms with Crippen molar-refractivity contribution in [2.75, 3.05) is 31.2 Å². The molecule has 94 valence electrons. The van der Waals surface area contributed by atoms with Crippen LogP contribution in [0.1, 0.15) is 0 Å². The summed E-state index contributed by atoms with van der Waals surface area (Å²) in [6.45, 7) is 0. The average molecular weight is 289 g/mol. The Morgan fingerprint density at radius 2 is 1.65 bits per heavy atom. The van der Waals surface area contributed by atoms with Gasteiger partial charge in [-0.2, -0.15) is 0 Å². The van der Waals surface area contributed by atoms with Crippen molar-refractivity contribution < 1.29 is 9.53 Å². The van der Waals surface area contributed by atoms with E-state index >= 15 is 0 Å². The molecule has 0 aliphatic heterocycles. The molecule has 1 aromatic rings. The molecule has 0 aliphatic rings. The third kappa shape index (κ3) is 3.76. The third-order valence-corrected chi connectivity index (χ3v) is 4.36. The number of hydrogen-bond donors (Lipinski definition) is 1. The first-order chi connectivity index (χ1) is 8.15. The Labute approximate surface area is 114 Å². The minimum Gasteiger partial charge on any atom is -0.453 e. The Hall–Kier alpha value is -0.460. The van der Waals surface area contributed by atoms with Gasteiger partial charge in [0.25, 0.3) is 0 Å². The fourth-order valence-electron chi connectivity index (χ4n) is 1.28. The zero-order chi connectivity index (χ0) is 12.8. The summed E-state index contributed by atoms with van der Waals surface area (Å²) in [5.41, 5.74) is 0.828. The number of benzene rings is 1. The molecule has 0 saturated heterocycles. The van der Waals surface area contributed by atoms with E-state index in [2.05, 4.69) is 22.2 Å². The highest BCUT2D eigenvalue weighted by molar-refractivity contribution is 8.00. The van der Waals surface area contributed by atoms with Gasteiger partial charge in [-0.25, -0.2) is 4.79 Å². The molecule has 1 amide bonds. The van der Waals surface area contributed by atoms with Crippen LogP contribution >= 0.6 is 35.3 Å². The smallest absolute Gasteiger partial charge is 0.411 e. The highest BCUT2D eigenvalue weighted by atomic mass is 32.2. The first-order valence-electron chi connectivity index (χ1n) is 4.81. The Bertz CT molecular complexity index is 385. The van der Waals surface area contributed by atoms with Gasteiger partial charge < -0.3 is 4.74 Å². The molecule has 3 nitrogen and oxygen atoms in total. The van der Waals surface area contributed by atoms with Crippen LogP contribution < -0.4 is 5.32 Å². The van der Waals surface area contributed by atoms with E-state index in [9.17, 15) is 4.79 Å². The van der Waals surface area contributed by atoms with Crippen LogP contribution in [0.2, 0.25) is 0 Å². The van der Waals surface area contributed by atoms with Gasteiger partial charge in [-0.1, -0.05) is 0 Å². The van der Waals surface area contributed by atoms with Crippen molar-refractivity contribution in [3.8, 4) is 0 Å². The molecule has 17 heavy (non-hydrogen) atoms. The van der Waals surface area contributed by atoms with E-state index < -0.39 is 6.09 Å². The van der Waals surface area contributed by atoms with E-state index in [0.29, 0.717) is 0 Å². The molecule has 0 spiro atoms. The maximum Gasteiger partial charge on any atom is 0.411 e. The summed E-state index contributed by atoms with van der Waals surface area (Å²) in [5.74, 6) is 0. The van der Waals surface area contributed by atoms with Gasteiger partial charge in [-0.3, -0.25) is 5.32 Å². The Balaban J connectivity index is 3.19. The van der Waals surface area contributed by atoms with Crippen LogP contribution in [-0.4, -0.2) is 32.0 Å². The number of rotatable bonds is 4. The molecule has 0 saturated carbocycles. The monoisotopic (exact) mass is 289 g/mol. The predicted molar refractivity (Wildman–Crippen MR) is 77.8 cm³/mol. The maximum atomic E-state index is 11.3. The van der Waals surface area contributed by atoms with Crippen LogP contribution in [0.5, 0.6) is 0 Å². The molecule has 1 rings (SSSR count). The standard InChI is InChI=1S/C11H15NO2S3/c1-14-11(13)12-10-8(16-3)5-7(15-2)6-9(10)17-4/h5-6H,1-4H3,(H,12,13). The maximum absolute atomic E-state index is 11.3. The number of nitrogens with one attached hydrogen (secondary N) is 1. The van der Waals surface area contributed by atoms with Crippen molar-refractivity contribution in [2.45, 2.75) is 14.7 Å². The number of amides is 1. The summed E-state index contributed by atoms with van der Waals surface area (Å²) in [5, 5.41) is 2.77. The van der Waals surface area contributed by atoms with Crippen molar-refractivity contribution in [3.05, 3.63) is 12.1 Å². The quantitative estimate of drug-likeness (QED) is 0.847. The minimum absolute atomic E-state index is 0.437. The van der Waals surface area contributed by atoms with Gasteiger partial charge in [-0.05, 0) is 30.9 Å². The molecule has 0 bridgehead atoms. The number of hydrogen-bond acceptors (Lipinski definition) is 5. The number of methoxy groups -OCH3 is 1. The lowest BCUT2D eigenvalue weighted by Crippen LogP contribution is -2.12. The number of carbonyl (C=O) groups is 1. The van der Waals surface area contributed by atoms with Crippen LogP contribution in [0.25, 0.3) is 0 Å². The molecule has 0 heterocycles. The summed E-state index contributed by atoms with van der Waals surface area (Å²) in [4.78, 5) is 14.6. The van der Waals surface area contributed by atoms with Gasteiger partial charge in [0.15, 0.2) is 0 Å². The zero-order valence-electron chi connectivity index (χ0n) is 10.2. The van der Waals surface area contributed by atoms with Crippen molar-refractivity contribution >= 4 is 47.1 Å². The number of ether oxygens (including phenoxy) is 1. The molecule has 1 N–H and O–H groups in total. The van der Waals surface area contributed by atoms with Crippen LogP contribution in [0.15, 0.2) is 26.8 Å². The first-order valence-corrected chi connectivity index (χ1v) is 8.48. The minimum atomic E-state index is -0.437. The Morgan fingerprint density at radius 3 is 2.00 bits per heavy atom. The van der Waals surface area contributed by atoms with E-state index in [1.807, 2.05) is 18.8 Å². The third-order valence-electron chi connectivity index (χ3n) is 2.13. The van der Waals surface area contributed by atoms with Gasteiger partial charge in [0.2, 0.25) is 0 Å². The van der Waals surface area contributed by atoms with Crippen LogP contribution in [0, 0.1) is 0 Å². The Kier molecular flexibility index (Phi) is 6.08. The summed E-state index contributed by atoms with van der Waals surface area (Å²) < 4.78 is 4.64. The van der Waals surface area contributed by atoms with Gasteiger partial charge in [0.1, 0.15) is 0 Å². The lowest BCUT2D eigenvalue weighted by atomic mass is 10.3. The molecular formula is C11H15NO2S3. The molecule has 1 aromatic carbocycles. The highest BCUT2D eigenvalue weighted by Crippen LogP contribution is 2.38. The zero-order valence-corrected chi connectivity index (χ0v) is 12.6. The summed E-state index contributed by atoms with van der Waals surface area (Å²) in [6, 6.07) is 4.14. The van der Waals surface area contributed by atoms with Crippen LogP contribution in [-0.2, 0) is 4.74 Å². The molecular weight excluding hydrogens is 274 g/mol. The average Bonchev–Trinajstić information content (AvgIpc) is 2.38. The van der Waals surface area contributed by atoms with Crippen molar-refractivity contribution in [1.82, 2.24) is 0 Å². The van der Waals surface area contributed by atoms with E-state index in [1.54, 1.807) is 35.3 Å². The molecule has 0 aliphatic carbocycles. The van der Waals surface area contributed by atoms with Crippen molar-refractivity contribution in [2.24, 2.45) is 0 Å². The Morgan fingerprint density at radius 1 is 1.12 bits per heavy atom. The number of thioether (sulfide) groups is 3. The lowest BCUT2D eigenvalue weighted by Gasteiger charge is -2.14. The van der Waals surface area contributed by atoms with Gasteiger partial charge >= 0.3 is 6.09 Å². The van der Waals surface area contributed by atoms with Crippen molar-refractivity contribution in [1.29, 1.82) is 0 Å². The second kappa shape index (κ2) is 7.08. The van der Waals surface area contributed by atoms with E-state index in [-0.39, 0.29) is 0 Å². The van der Waals surface area contributed by atoms with E-state index in [1.165, 1.54) is 12.0 Å². The first kappa shape index (κ1) is 14.6. The summed E-state index contributed by atoms with van der Waals surface area (Å²) in [6.07, 6.45) is 5.59. The topological polar surface area (TPSA) is 38.3 Å². The number of anilines is 1. The van der Waals surface area contributed by atoms with E-state index in [4.69, 9.17) is 0 Å². The molecule has 0 aromatic heterocycles. The summed E-state index contributed by atoms with van der Waals surface area (Å²) in [7, 11) is 1.36. The molecule has 0 fully saturated rings. The molecule has 0 unspecified atom stereocenters. The largest absolute Gasteiger partial charge is 0.453 e. The van der Waals surface area contributed by atoms with Crippen LogP contribution in [0.4, 0.5) is 10.5 Å². The number of carbonyl (C=O) groups excluding carboxylic acids is 1. The highest BCUT2D eigenvalue weighted by Gasteiger charge is 2.12. The van der Waals surface area contributed by atoms with Gasteiger partial charge in [0.05, 0.1) is 12.8 Å². The summed E-state index contributed by atoms with van der Waals surface area (Å²) >= 11 is 4.91. The molecule has 0 atom stereocenters. The van der Waals surface area contributed by atoms with Crippen molar-refractivity contribution in [3.63, 3.8) is 0 Å². The molecule has 6 heteroatoms. The molecule has 0 radical (unpaired) electrons. The second-order valence-corrected chi connectivity index (χ2v) is 5.60. The fraction of sp³-hybridized carbons (Fsp3) is 0.364. The van der Waals surface area contributed by atoms with E-state index in [0.717, 1.165) is 15.5 Å². The SMILES string of the molecule is COC(=O)Nc1c(SC)cc(SC)cc1SC. The van der Waals surface area contributed by atoms with Gasteiger partial charge in [0, 0.05) is 14.7 Å². The second-order valence-electron chi connectivity index (χ2n) is 3.02. The lowest BCUT2D eigenvalue weighted by molar-refractivity contribution is 0.187. The fourth-order valence-corrected chi connectivity index (χ4v) is 3.19. The van der Waals surface area contributed by atoms with Gasteiger partial charge in [-0.15, -0.1) is 35.3 Å².